The molecule has 1 unspecified atom stereocenters. The molecule has 0 aliphatic carbocycles. The SMILES string of the molecule is CC[C@@H](C)COC(C)OC[C@@H](C)CC. The van der Waals surface area contributed by atoms with Gasteiger partial charge in [-0.3, -0.25) is 0 Å². The van der Waals surface area contributed by atoms with Gasteiger partial charge in [0, 0.05) is 0 Å². The maximum atomic E-state index is 5.57. The van der Waals surface area contributed by atoms with Gasteiger partial charge in [0.25, 0.3) is 0 Å². The summed E-state index contributed by atoms with van der Waals surface area (Å²) in [5.74, 6) is 1.26. The molecule has 86 valence electrons. The van der Waals surface area contributed by atoms with E-state index < -0.39 is 0 Å². The number of rotatable bonds is 8. The zero-order valence-electron chi connectivity index (χ0n) is 10.4. The Morgan fingerprint density at radius 1 is 0.786 bits per heavy atom. The first kappa shape index (κ1) is 13.9. The first-order valence-electron chi connectivity index (χ1n) is 5.83. The van der Waals surface area contributed by atoms with Crippen molar-refractivity contribution in [3.63, 3.8) is 0 Å². The predicted molar refractivity (Wildman–Crippen MR) is 60.3 cm³/mol. The van der Waals surface area contributed by atoms with Crippen molar-refractivity contribution < 1.29 is 9.47 Å². The van der Waals surface area contributed by atoms with Crippen LogP contribution in [0.15, 0.2) is 0 Å². The maximum absolute atomic E-state index is 5.57. The zero-order chi connectivity index (χ0) is 11.0. The zero-order valence-corrected chi connectivity index (χ0v) is 10.4. The Bertz CT molecular complexity index is 111. The van der Waals surface area contributed by atoms with Gasteiger partial charge >= 0.3 is 0 Å². The third kappa shape index (κ3) is 7.34. The van der Waals surface area contributed by atoms with Gasteiger partial charge in [0.2, 0.25) is 0 Å². The molecule has 2 heteroatoms. The molecule has 0 aromatic heterocycles. The van der Waals surface area contributed by atoms with E-state index in [9.17, 15) is 0 Å². The molecular weight excluding hydrogens is 176 g/mol. The van der Waals surface area contributed by atoms with Crippen molar-refractivity contribution in [1.29, 1.82) is 0 Å². The van der Waals surface area contributed by atoms with Gasteiger partial charge in [-0.2, -0.15) is 0 Å². The van der Waals surface area contributed by atoms with E-state index in [4.69, 9.17) is 9.47 Å². The molecule has 0 saturated heterocycles. The molecule has 3 atom stereocenters. The lowest BCUT2D eigenvalue weighted by Gasteiger charge is -2.18. The monoisotopic (exact) mass is 202 g/mol. The highest BCUT2D eigenvalue weighted by atomic mass is 16.7. The van der Waals surface area contributed by atoms with E-state index >= 15 is 0 Å². The van der Waals surface area contributed by atoms with Crippen LogP contribution in [-0.4, -0.2) is 19.5 Å². The lowest BCUT2D eigenvalue weighted by Crippen LogP contribution is -2.19. The Hall–Kier alpha value is -0.0800. The molecule has 0 bridgehead atoms. The van der Waals surface area contributed by atoms with Crippen LogP contribution in [0.25, 0.3) is 0 Å². The predicted octanol–water partition coefficient (Wildman–Crippen LogP) is 3.46. The number of ether oxygens (including phenoxy) is 2. The maximum Gasteiger partial charge on any atom is 0.154 e. The molecule has 0 fully saturated rings. The molecule has 0 aromatic carbocycles. The van der Waals surface area contributed by atoms with Gasteiger partial charge < -0.3 is 9.47 Å². The van der Waals surface area contributed by atoms with Gasteiger partial charge in [0.1, 0.15) is 0 Å². The topological polar surface area (TPSA) is 18.5 Å². The van der Waals surface area contributed by atoms with Gasteiger partial charge in [0.15, 0.2) is 6.29 Å². The average molecular weight is 202 g/mol. The first-order chi connectivity index (χ1) is 6.60. The van der Waals surface area contributed by atoms with E-state index in [1.165, 1.54) is 0 Å². The third-order valence-electron chi connectivity index (χ3n) is 2.62. The minimum atomic E-state index is -0.0574. The van der Waals surface area contributed by atoms with Crippen LogP contribution < -0.4 is 0 Å². The molecule has 2 nitrogen and oxygen atoms in total. The fraction of sp³-hybridized carbons (Fsp3) is 1.00. The summed E-state index contributed by atoms with van der Waals surface area (Å²) < 4.78 is 11.1. The van der Waals surface area contributed by atoms with Crippen molar-refractivity contribution in [1.82, 2.24) is 0 Å². The van der Waals surface area contributed by atoms with Crippen molar-refractivity contribution in [2.45, 2.75) is 53.8 Å². The smallest absolute Gasteiger partial charge is 0.154 e. The Kier molecular flexibility index (Phi) is 8.20. The molecule has 14 heavy (non-hydrogen) atoms. The molecule has 0 aromatic rings. The fourth-order valence-electron chi connectivity index (χ4n) is 0.883. The Morgan fingerprint density at radius 3 is 1.43 bits per heavy atom. The average Bonchev–Trinajstić information content (AvgIpc) is 2.22. The van der Waals surface area contributed by atoms with Gasteiger partial charge in [-0.05, 0) is 18.8 Å². The molecule has 0 heterocycles. The summed E-state index contributed by atoms with van der Waals surface area (Å²) in [7, 11) is 0. The molecular formula is C12H26O2. The fourth-order valence-corrected chi connectivity index (χ4v) is 0.883. The van der Waals surface area contributed by atoms with Crippen molar-refractivity contribution in [3.8, 4) is 0 Å². The second kappa shape index (κ2) is 8.25. The third-order valence-corrected chi connectivity index (χ3v) is 2.62. The van der Waals surface area contributed by atoms with E-state index in [2.05, 4.69) is 27.7 Å². The standard InChI is InChI=1S/C12H26O2/c1-6-10(3)8-13-12(5)14-9-11(4)7-2/h10-12H,6-9H2,1-5H3/t10-,11+,12?. The summed E-state index contributed by atoms with van der Waals surface area (Å²) in [4.78, 5) is 0. The van der Waals surface area contributed by atoms with Gasteiger partial charge in [-0.25, -0.2) is 0 Å². The van der Waals surface area contributed by atoms with Crippen LogP contribution in [0.3, 0.4) is 0 Å². The molecule has 0 rings (SSSR count). The Balaban J connectivity index is 3.40. The van der Waals surface area contributed by atoms with E-state index in [-0.39, 0.29) is 6.29 Å². The molecule has 0 radical (unpaired) electrons. The highest BCUT2D eigenvalue weighted by Gasteiger charge is 2.07. The highest BCUT2D eigenvalue weighted by molar-refractivity contribution is 4.49. The molecule has 0 spiro atoms. The van der Waals surface area contributed by atoms with Crippen molar-refractivity contribution in [3.05, 3.63) is 0 Å². The summed E-state index contributed by atoms with van der Waals surface area (Å²) in [5, 5.41) is 0. The summed E-state index contributed by atoms with van der Waals surface area (Å²) in [6.45, 7) is 12.3. The van der Waals surface area contributed by atoms with Crippen molar-refractivity contribution in [2.75, 3.05) is 13.2 Å². The lowest BCUT2D eigenvalue weighted by atomic mass is 10.1. The van der Waals surface area contributed by atoms with E-state index in [0.29, 0.717) is 11.8 Å². The Labute approximate surface area is 89.0 Å². The summed E-state index contributed by atoms with van der Waals surface area (Å²) in [6.07, 6.45) is 2.27. The van der Waals surface area contributed by atoms with Crippen LogP contribution in [0.1, 0.15) is 47.5 Å². The van der Waals surface area contributed by atoms with E-state index in [1.54, 1.807) is 0 Å². The van der Waals surface area contributed by atoms with E-state index in [1.807, 2.05) is 6.92 Å². The minimum Gasteiger partial charge on any atom is -0.353 e. The number of hydrogen-bond acceptors (Lipinski definition) is 2. The first-order valence-corrected chi connectivity index (χ1v) is 5.83. The summed E-state index contributed by atoms with van der Waals surface area (Å²) >= 11 is 0. The quantitative estimate of drug-likeness (QED) is 0.561. The van der Waals surface area contributed by atoms with E-state index in [0.717, 1.165) is 26.1 Å². The Morgan fingerprint density at radius 2 is 1.14 bits per heavy atom. The summed E-state index contributed by atoms with van der Waals surface area (Å²) in [5.41, 5.74) is 0. The molecule has 0 aliphatic rings. The summed E-state index contributed by atoms with van der Waals surface area (Å²) in [6, 6.07) is 0. The molecule has 0 N–H and O–H groups in total. The van der Waals surface area contributed by atoms with Gasteiger partial charge in [-0.1, -0.05) is 40.5 Å². The van der Waals surface area contributed by atoms with Crippen LogP contribution in [0.2, 0.25) is 0 Å². The largest absolute Gasteiger partial charge is 0.353 e. The molecule has 0 aliphatic heterocycles. The van der Waals surface area contributed by atoms with Crippen LogP contribution >= 0.6 is 0 Å². The molecule has 0 amide bonds. The number of hydrogen-bond donors (Lipinski definition) is 0. The second-order valence-electron chi connectivity index (χ2n) is 4.26. The van der Waals surface area contributed by atoms with Gasteiger partial charge in [-0.15, -0.1) is 0 Å². The minimum absolute atomic E-state index is 0.0574. The lowest BCUT2D eigenvalue weighted by molar-refractivity contribution is -0.144. The van der Waals surface area contributed by atoms with Crippen molar-refractivity contribution in [2.24, 2.45) is 11.8 Å². The van der Waals surface area contributed by atoms with Crippen LogP contribution in [0.4, 0.5) is 0 Å². The molecule has 0 saturated carbocycles. The normalized spacial score (nSPS) is 17.8. The second-order valence-corrected chi connectivity index (χ2v) is 4.26. The van der Waals surface area contributed by atoms with Gasteiger partial charge in [0.05, 0.1) is 13.2 Å². The van der Waals surface area contributed by atoms with Crippen LogP contribution in [0, 0.1) is 11.8 Å². The highest BCUT2D eigenvalue weighted by Crippen LogP contribution is 2.07. The van der Waals surface area contributed by atoms with Crippen LogP contribution in [-0.2, 0) is 9.47 Å². The van der Waals surface area contributed by atoms with Crippen LogP contribution in [0.5, 0.6) is 0 Å². The van der Waals surface area contributed by atoms with Crippen molar-refractivity contribution >= 4 is 0 Å².